The number of carbonyl (C=O) groups excluding carboxylic acids is 1. The molecule has 0 N–H and O–H groups in total. The molecule has 0 aliphatic carbocycles. The van der Waals surface area contributed by atoms with Gasteiger partial charge in [0.25, 0.3) is 0 Å². The zero-order chi connectivity index (χ0) is 6.78. The van der Waals surface area contributed by atoms with Gasteiger partial charge in [0.2, 0.25) is 0 Å². The van der Waals surface area contributed by atoms with Crippen molar-refractivity contribution in [3.05, 3.63) is 0 Å². The standard InChI is InChI=1S/C3H3ClF2O2/c1-3(5,6)2(7)8-4/h1H3. The molecule has 0 rings (SSSR count). The first kappa shape index (κ1) is 7.62. The summed E-state index contributed by atoms with van der Waals surface area (Å²) in [5.74, 6) is -5.22. The first-order chi connectivity index (χ1) is 3.48. The topological polar surface area (TPSA) is 26.3 Å². The highest BCUT2D eigenvalue weighted by atomic mass is 35.5. The first-order valence-electron chi connectivity index (χ1n) is 1.69. The Morgan fingerprint density at radius 3 is 2.12 bits per heavy atom. The van der Waals surface area contributed by atoms with Crippen LogP contribution in [0.4, 0.5) is 8.78 Å². The van der Waals surface area contributed by atoms with Gasteiger partial charge in [-0.25, -0.2) is 4.79 Å². The maximum absolute atomic E-state index is 11.6. The smallest absolute Gasteiger partial charge is 0.342 e. The monoisotopic (exact) mass is 144 g/mol. The van der Waals surface area contributed by atoms with Gasteiger partial charge in [0, 0.05) is 6.92 Å². The highest BCUT2D eigenvalue weighted by Gasteiger charge is 2.34. The van der Waals surface area contributed by atoms with Crippen molar-refractivity contribution >= 4 is 17.8 Å². The predicted molar refractivity (Wildman–Crippen MR) is 22.6 cm³/mol. The van der Waals surface area contributed by atoms with Crippen LogP contribution in [0.25, 0.3) is 0 Å². The van der Waals surface area contributed by atoms with Crippen LogP contribution in [-0.2, 0) is 9.08 Å². The summed E-state index contributed by atoms with van der Waals surface area (Å²) < 4.78 is 26.3. The van der Waals surface area contributed by atoms with Crippen LogP contribution in [0.1, 0.15) is 6.92 Å². The van der Waals surface area contributed by atoms with E-state index in [1.54, 1.807) is 0 Å². The zero-order valence-electron chi connectivity index (χ0n) is 3.95. The van der Waals surface area contributed by atoms with E-state index in [2.05, 4.69) is 16.2 Å². The largest absolute Gasteiger partial charge is 0.394 e. The zero-order valence-corrected chi connectivity index (χ0v) is 4.71. The Morgan fingerprint density at radius 2 is 2.12 bits per heavy atom. The Hall–Kier alpha value is -0.380. The van der Waals surface area contributed by atoms with Gasteiger partial charge >= 0.3 is 11.9 Å². The van der Waals surface area contributed by atoms with E-state index in [4.69, 9.17) is 0 Å². The number of carbonyl (C=O) groups is 1. The first-order valence-corrected chi connectivity index (χ1v) is 2.00. The molecule has 8 heavy (non-hydrogen) atoms. The quantitative estimate of drug-likeness (QED) is 0.555. The summed E-state index contributed by atoms with van der Waals surface area (Å²) in [5.41, 5.74) is 0. The van der Waals surface area contributed by atoms with Crippen molar-refractivity contribution < 1.29 is 17.9 Å². The third kappa shape index (κ3) is 2.07. The lowest BCUT2D eigenvalue weighted by Crippen LogP contribution is -2.23. The minimum atomic E-state index is -3.48. The Balaban J connectivity index is 3.82. The van der Waals surface area contributed by atoms with Gasteiger partial charge in [-0.2, -0.15) is 8.78 Å². The number of hydrogen-bond acceptors (Lipinski definition) is 2. The molecule has 0 atom stereocenters. The summed E-state index contributed by atoms with van der Waals surface area (Å²) in [6.45, 7) is 0.401. The van der Waals surface area contributed by atoms with Crippen LogP contribution in [0.2, 0.25) is 0 Å². The molecule has 0 aliphatic rings. The van der Waals surface area contributed by atoms with Gasteiger partial charge in [-0.1, -0.05) is 0 Å². The molecule has 0 saturated heterocycles. The van der Waals surface area contributed by atoms with Crippen LogP contribution in [0, 0.1) is 0 Å². The molecule has 48 valence electrons. The molecule has 0 heterocycles. The summed E-state index contributed by atoms with van der Waals surface area (Å²) in [6.07, 6.45) is 0. The van der Waals surface area contributed by atoms with E-state index >= 15 is 0 Å². The molecule has 0 spiro atoms. The molecular weight excluding hydrogens is 141 g/mol. The van der Waals surface area contributed by atoms with E-state index in [0.717, 1.165) is 0 Å². The minimum absolute atomic E-state index is 0.401. The van der Waals surface area contributed by atoms with Crippen LogP contribution < -0.4 is 0 Å². The average molecular weight is 145 g/mol. The Bertz CT molecular complexity index is 97.9. The molecule has 0 saturated carbocycles. The lowest BCUT2D eigenvalue weighted by molar-refractivity contribution is -0.158. The fraction of sp³-hybridized carbons (Fsp3) is 0.667. The van der Waals surface area contributed by atoms with E-state index in [1.165, 1.54) is 0 Å². The van der Waals surface area contributed by atoms with E-state index in [9.17, 15) is 13.6 Å². The summed E-state index contributed by atoms with van der Waals surface area (Å²) in [4.78, 5) is 9.73. The van der Waals surface area contributed by atoms with Gasteiger partial charge in [0.1, 0.15) is 11.9 Å². The second-order valence-electron chi connectivity index (χ2n) is 1.25. The highest BCUT2D eigenvalue weighted by molar-refractivity contribution is 6.13. The van der Waals surface area contributed by atoms with E-state index < -0.39 is 11.9 Å². The lowest BCUT2D eigenvalue weighted by atomic mass is 10.4. The van der Waals surface area contributed by atoms with Crippen LogP contribution in [0.15, 0.2) is 0 Å². The second kappa shape index (κ2) is 2.26. The summed E-state index contributed by atoms with van der Waals surface area (Å²) in [5, 5.41) is 0. The minimum Gasteiger partial charge on any atom is -0.342 e. The van der Waals surface area contributed by atoms with Crippen molar-refractivity contribution in [2.45, 2.75) is 12.8 Å². The maximum Gasteiger partial charge on any atom is 0.394 e. The molecule has 0 bridgehead atoms. The highest BCUT2D eigenvalue weighted by Crippen LogP contribution is 2.13. The predicted octanol–water partition coefficient (Wildman–Crippen LogP) is 1.34. The number of alkyl halides is 2. The molecule has 0 unspecified atom stereocenters. The van der Waals surface area contributed by atoms with Gasteiger partial charge in [0.15, 0.2) is 0 Å². The third-order valence-electron chi connectivity index (χ3n) is 0.429. The van der Waals surface area contributed by atoms with Gasteiger partial charge in [-0.15, -0.1) is 0 Å². The molecule has 0 aromatic rings. The molecule has 0 aromatic heterocycles. The van der Waals surface area contributed by atoms with Crippen LogP contribution in [-0.4, -0.2) is 11.9 Å². The van der Waals surface area contributed by atoms with Crippen molar-refractivity contribution in [1.29, 1.82) is 0 Å². The van der Waals surface area contributed by atoms with Crippen molar-refractivity contribution in [2.75, 3.05) is 0 Å². The fourth-order valence-corrected chi connectivity index (χ4v) is 0.203. The van der Waals surface area contributed by atoms with Gasteiger partial charge < -0.3 is 4.29 Å². The maximum atomic E-state index is 11.6. The fourth-order valence-electron chi connectivity index (χ4n) is 0.0677. The van der Waals surface area contributed by atoms with Gasteiger partial charge in [0.05, 0.1) is 0 Å². The van der Waals surface area contributed by atoms with Gasteiger partial charge in [-0.05, 0) is 0 Å². The van der Waals surface area contributed by atoms with E-state index in [-0.39, 0.29) is 0 Å². The van der Waals surface area contributed by atoms with Crippen molar-refractivity contribution in [3.63, 3.8) is 0 Å². The second-order valence-corrected chi connectivity index (χ2v) is 1.41. The summed E-state index contributed by atoms with van der Waals surface area (Å²) in [6, 6.07) is 0. The molecule has 0 amide bonds. The molecule has 0 fully saturated rings. The molecule has 5 heteroatoms. The Kier molecular flexibility index (Phi) is 2.15. The Labute approximate surface area is 49.6 Å². The summed E-state index contributed by atoms with van der Waals surface area (Å²) in [7, 11) is 0. The third-order valence-corrected chi connectivity index (χ3v) is 0.569. The summed E-state index contributed by atoms with van der Waals surface area (Å²) >= 11 is 4.31. The molecule has 2 nitrogen and oxygen atoms in total. The SMILES string of the molecule is CC(F)(F)C(=O)OCl. The van der Waals surface area contributed by atoms with Crippen molar-refractivity contribution in [2.24, 2.45) is 0 Å². The van der Waals surface area contributed by atoms with Crippen LogP contribution >= 0.6 is 11.9 Å². The van der Waals surface area contributed by atoms with Gasteiger partial charge in [-0.3, -0.25) is 0 Å². The van der Waals surface area contributed by atoms with E-state index in [0.29, 0.717) is 6.92 Å². The normalized spacial score (nSPS) is 11.0. The van der Waals surface area contributed by atoms with Crippen molar-refractivity contribution in [1.82, 2.24) is 0 Å². The molecule has 0 radical (unpaired) electrons. The number of halogens is 3. The van der Waals surface area contributed by atoms with E-state index in [1.807, 2.05) is 0 Å². The number of rotatable bonds is 1. The molecule has 0 aromatic carbocycles. The molecular formula is C3H3ClF2O2. The van der Waals surface area contributed by atoms with Crippen LogP contribution in [0.3, 0.4) is 0 Å². The molecule has 0 aliphatic heterocycles. The van der Waals surface area contributed by atoms with Crippen LogP contribution in [0.5, 0.6) is 0 Å². The Morgan fingerprint density at radius 1 is 1.75 bits per heavy atom. The van der Waals surface area contributed by atoms with Crippen molar-refractivity contribution in [3.8, 4) is 0 Å². The lowest BCUT2D eigenvalue weighted by Gasteiger charge is -2.02. The number of hydrogen-bond donors (Lipinski definition) is 0. The average Bonchev–Trinajstić information content (AvgIpc) is 1.62.